The van der Waals surface area contributed by atoms with Gasteiger partial charge in [0.05, 0.1) is 11.6 Å². The zero-order valence-corrected chi connectivity index (χ0v) is 12.9. The monoisotopic (exact) mass is 317 g/mol. The predicted octanol–water partition coefficient (Wildman–Crippen LogP) is 2.55. The molecule has 0 amide bonds. The third kappa shape index (κ3) is 3.18. The van der Waals surface area contributed by atoms with Gasteiger partial charge in [0.15, 0.2) is 0 Å². The summed E-state index contributed by atoms with van der Waals surface area (Å²) in [4.78, 5) is 23.5. The van der Waals surface area contributed by atoms with Gasteiger partial charge in [0, 0.05) is 12.2 Å². The van der Waals surface area contributed by atoms with E-state index in [0.29, 0.717) is 23.5 Å². The quantitative estimate of drug-likeness (QED) is 0.683. The number of nitriles is 1. The van der Waals surface area contributed by atoms with Crippen LogP contribution in [0.1, 0.15) is 11.1 Å². The van der Waals surface area contributed by atoms with Crippen molar-refractivity contribution in [1.82, 2.24) is 0 Å². The Kier molecular flexibility index (Phi) is 4.39. The maximum Gasteiger partial charge on any atom is 0.253 e. The van der Waals surface area contributed by atoms with Gasteiger partial charge in [-0.15, -0.1) is 0 Å². The third-order valence-electron chi connectivity index (χ3n) is 3.75. The van der Waals surface area contributed by atoms with E-state index in [1.807, 2.05) is 36.4 Å². The van der Waals surface area contributed by atoms with Gasteiger partial charge in [-0.1, -0.05) is 30.3 Å². The molecule has 24 heavy (non-hydrogen) atoms. The van der Waals surface area contributed by atoms with E-state index >= 15 is 0 Å². The van der Waals surface area contributed by atoms with Gasteiger partial charge in [-0.3, -0.25) is 9.59 Å². The highest BCUT2D eigenvalue weighted by Gasteiger charge is 2.20. The molecule has 0 heterocycles. The van der Waals surface area contributed by atoms with Crippen LogP contribution in [0.15, 0.2) is 64.2 Å². The van der Waals surface area contributed by atoms with E-state index in [2.05, 4.69) is 10.6 Å². The second-order valence-electron chi connectivity index (χ2n) is 5.38. The Balaban J connectivity index is 1.67. The van der Waals surface area contributed by atoms with Crippen molar-refractivity contribution >= 4 is 17.1 Å². The van der Waals surface area contributed by atoms with Crippen molar-refractivity contribution in [2.45, 2.75) is 6.42 Å². The Morgan fingerprint density at radius 2 is 1.54 bits per heavy atom. The number of hydrogen-bond donors (Lipinski definition) is 2. The van der Waals surface area contributed by atoms with E-state index < -0.39 is 10.9 Å². The molecular weight excluding hydrogens is 302 g/mol. The molecule has 0 saturated heterocycles. The van der Waals surface area contributed by atoms with Crippen LogP contribution in [0.4, 0.5) is 17.1 Å². The summed E-state index contributed by atoms with van der Waals surface area (Å²) in [6, 6.07) is 18.6. The summed E-state index contributed by atoms with van der Waals surface area (Å²) in [6.45, 7) is 0.566. The smallest absolute Gasteiger partial charge is 0.253 e. The van der Waals surface area contributed by atoms with Crippen molar-refractivity contribution in [1.29, 1.82) is 5.26 Å². The topological polar surface area (TPSA) is 82.0 Å². The molecule has 3 rings (SSSR count). The number of nitrogens with one attached hydrogen (secondary N) is 2. The molecule has 0 fully saturated rings. The van der Waals surface area contributed by atoms with Crippen molar-refractivity contribution in [2.24, 2.45) is 0 Å². The van der Waals surface area contributed by atoms with E-state index in [1.165, 1.54) is 0 Å². The minimum Gasteiger partial charge on any atom is -0.380 e. The highest BCUT2D eigenvalue weighted by atomic mass is 16.2. The van der Waals surface area contributed by atoms with E-state index in [0.717, 1.165) is 12.0 Å². The summed E-state index contributed by atoms with van der Waals surface area (Å²) in [5, 5.41) is 14.8. The maximum atomic E-state index is 11.8. The van der Waals surface area contributed by atoms with E-state index in [4.69, 9.17) is 5.26 Å². The summed E-state index contributed by atoms with van der Waals surface area (Å²) < 4.78 is 0. The highest BCUT2D eigenvalue weighted by molar-refractivity contribution is 5.78. The van der Waals surface area contributed by atoms with Crippen molar-refractivity contribution in [3.63, 3.8) is 0 Å². The summed E-state index contributed by atoms with van der Waals surface area (Å²) in [7, 11) is 0. The maximum absolute atomic E-state index is 11.8. The molecule has 118 valence electrons. The summed E-state index contributed by atoms with van der Waals surface area (Å²) in [5.74, 6) is 0. The predicted molar refractivity (Wildman–Crippen MR) is 94.4 cm³/mol. The first kappa shape index (κ1) is 15.5. The second kappa shape index (κ2) is 6.80. The molecule has 0 radical (unpaired) electrons. The molecule has 0 aliphatic rings. The van der Waals surface area contributed by atoms with Gasteiger partial charge in [-0.2, -0.15) is 5.26 Å². The summed E-state index contributed by atoms with van der Waals surface area (Å²) in [6.07, 6.45) is 0.760. The molecule has 0 atom stereocenters. The fourth-order valence-electron chi connectivity index (χ4n) is 2.43. The molecule has 2 N–H and O–H groups in total. The first-order valence-electron chi connectivity index (χ1n) is 7.57. The Bertz CT molecular complexity index is 947. The largest absolute Gasteiger partial charge is 0.380 e. The molecule has 3 aromatic carbocycles. The van der Waals surface area contributed by atoms with E-state index in [1.54, 1.807) is 24.3 Å². The first-order valence-corrected chi connectivity index (χ1v) is 7.57. The van der Waals surface area contributed by atoms with Gasteiger partial charge in [0.1, 0.15) is 11.4 Å². The number of rotatable bonds is 6. The van der Waals surface area contributed by atoms with Gasteiger partial charge in [0.25, 0.3) is 10.9 Å². The lowest BCUT2D eigenvalue weighted by molar-refractivity contribution is 1.01. The van der Waals surface area contributed by atoms with Gasteiger partial charge in [0.2, 0.25) is 0 Å². The lowest BCUT2D eigenvalue weighted by Gasteiger charge is -2.15. The van der Waals surface area contributed by atoms with Crippen LogP contribution >= 0.6 is 0 Å². The van der Waals surface area contributed by atoms with Crippen LogP contribution in [0.3, 0.4) is 0 Å². The molecular formula is C19H15N3O2. The van der Waals surface area contributed by atoms with Crippen LogP contribution in [0.5, 0.6) is 0 Å². The fourth-order valence-corrected chi connectivity index (χ4v) is 2.43. The first-order chi connectivity index (χ1) is 11.7. The fraction of sp³-hybridized carbons (Fsp3) is 0.105. The van der Waals surface area contributed by atoms with Gasteiger partial charge >= 0.3 is 0 Å². The zero-order chi connectivity index (χ0) is 16.9. The minimum atomic E-state index is -0.526. The molecule has 3 aromatic rings. The molecule has 0 bridgehead atoms. The molecule has 0 aromatic heterocycles. The van der Waals surface area contributed by atoms with Crippen molar-refractivity contribution in [2.75, 3.05) is 17.2 Å². The second-order valence-corrected chi connectivity index (χ2v) is 5.38. The number of anilines is 3. The zero-order valence-electron chi connectivity index (χ0n) is 12.9. The lowest BCUT2D eigenvalue weighted by atomic mass is 10.1. The summed E-state index contributed by atoms with van der Waals surface area (Å²) >= 11 is 0. The molecule has 0 spiro atoms. The Morgan fingerprint density at radius 3 is 2.21 bits per heavy atom. The normalized spacial score (nSPS) is 10.3. The molecule has 5 heteroatoms. The molecule has 0 aliphatic carbocycles. The van der Waals surface area contributed by atoms with Gasteiger partial charge in [-0.25, -0.2) is 0 Å². The third-order valence-corrected chi connectivity index (χ3v) is 3.75. The van der Waals surface area contributed by atoms with Crippen LogP contribution in [0, 0.1) is 11.3 Å². The van der Waals surface area contributed by atoms with E-state index in [9.17, 15) is 9.59 Å². The standard InChI is InChI=1S/C19H15N3O2/c20-12-14-6-8-15(9-7-14)22-17-16(18(23)19(17)24)21-11-10-13-4-2-1-3-5-13/h1-9,21-22H,10-11H2. The Labute approximate surface area is 138 Å². The SMILES string of the molecule is N#Cc1ccc(Nc2c(NCCc3ccccc3)c(=O)c2=O)cc1. The average Bonchev–Trinajstić information content (AvgIpc) is 2.65. The number of nitrogens with zero attached hydrogens (tertiary/aromatic N) is 1. The Morgan fingerprint density at radius 1 is 0.875 bits per heavy atom. The summed E-state index contributed by atoms with van der Waals surface area (Å²) in [5.41, 5.74) is 1.92. The molecule has 0 saturated carbocycles. The minimum absolute atomic E-state index is 0.276. The Hall–Kier alpha value is -3.39. The van der Waals surface area contributed by atoms with Crippen molar-refractivity contribution in [3.8, 4) is 6.07 Å². The molecule has 0 aliphatic heterocycles. The highest BCUT2D eigenvalue weighted by Crippen LogP contribution is 2.21. The van der Waals surface area contributed by atoms with E-state index in [-0.39, 0.29) is 5.69 Å². The lowest BCUT2D eigenvalue weighted by Crippen LogP contribution is -2.37. The van der Waals surface area contributed by atoms with Crippen molar-refractivity contribution < 1.29 is 0 Å². The van der Waals surface area contributed by atoms with Crippen LogP contribution < -0.4 is 21.5 Å². The number of hydrogen-bond acceptors (Lipinski definition) is 5. The number of benzene rings is 2. The average molecular weight is 317 g/mol. The van der Waals surface area contributed by atoms with Crippen LogP contribution in [0.2, 0.25) is 0 Å². The van der Waals surface area contributed by atoms with Crippen molar-refractivity contribution in [3.05, 3.63) is 86.2 Å². The van der Waals surface area contributed by atoms with Crippen LogP contribution in [-0.4, -0.2) is 6.54 Å². The molecule has 0 unspecified atom stereocenters. The van der Waals surface area contributed by atoms with Gasteiger partial charge < -0.3 is 10.6 Å². The van der Waals surface area contributed by atoms with Gasteiger partial charge in [-0.05, 0) is 36.2 Å². The van der Waals surface area contributed by atoms with Crippen LogP contribution in [-0.2, 0) is 6.42 Å². The van der Waals surface area contributed by atoms with Crippen LogP contribution in [0.25, 0.3) is 0 Å². The molecule has 5 nitrogen and oxygen atoms in total.